The highest BCUT2D eigenvalue weighted by atomic mass is 32.2. The Morgan fingerprint density at radius 3 is 2.58 bits per heavy atom. The maximum atomic E-state index is 12.5. The first-order valence-corrected chi connectivity index (χ1v) is 9.02. The Balaban J connectivity index is 2.18. The molecule has 19 heavy (non-hydrogen) atoms. The van der Waals surface area contributed by atoms with Gasteiger partial charge in [0.05, 0.1) is 4.90 Å². The predicted octanol–water partition coefficient (Wildman–Crippen LogP) is 1.35. The van der Waals surface area contributed by atoms with Crippen LogP contribution in [0.4, 0.5) is 0 Å². The van der Waals surface area contributed by atoms with Crippen LogP contribution < -0.4 is 0 Å². The van der Waals surface area contributed by atoms with E-state index >= 15 is 0 Å². The predicted molar refractivity (Wildman–Crippen MR) is 77.9 cm³/mol. The lowest BCUT2D eigenvalue weighted by atomic mass is 10.2. The van der Waals surface area contributed by atoms with Crippen molar-refractivity contribution in [3.8, 4) is 0 Å². The molecule has 0 aromatic heterocycles. The minimum absolute atomic E-state index is 0.0788. The molecule has 0 amide bonds. The largest absolute Gasteiger partial charge is 0.396 e. The lowest BCUT2D eigenvalue weighted by Crippen LogP contribution is -2.33. The fraction of sp³-hybridized carbons (Fsp3) is 0.538. The Hall–Kier alpha value is -0.560. The van der Waals surface area contributed by atoms with Gasteiger partial charge in [-0.2, -0.15) is 16.1 Å². The molecule has 1 aliphatic rings. The normalized spacial score (nSPS) is 18.2. The van der Waals surface area contributed by atoms with Gasteiger partial charge in [-0.3, -0.25) is 0 Å². The van der Waals surface area contributed by atoms with E-state index in [1.807, 2.05) is 0 Å². The van der Waals surface area contributed by atoms with Gasteiger partial charge in [0.15, 0.2) is 0 Å². The molecule has 2 rings (SSSR count). The van der Waals surface area contributed by atoms with Crippen molar-refractivity contribution in [3.63, 3.8) is 0 Å². The van der Waals surface area contributed by atoms with Gasteiger partial charge in [-0.25, -0.2) is 8.42 Å². The molecule has 1 N–H and O–H groups in total. The number of hydrogen-bond acceptors (Lipinski definition) is 4. The summed E-state index contributed by atoms with van der Waals surface area (Å²) in [5, 5.41) is 8.86. The van der Waals surface area contributed by atoms with E-state index in [0.717, 1.165) is 23.5 Å². The van der Waals surface area contributed by atoms with Gasteiger partial charge in [-0.15, -0.1) is 0 Å². The summed E-state index contributed by atoms with van der Waals surface area (Å²) in [7, 11) is -3.36. The lowest BCUT2D eigenvalue weighted by Gasteiger charge is -2.19. The molecule has 1 fully saturated rings. The number of thioether (sulfide) groups is 1. The number of nitrogens with zero attached hydrogens (tertiary/aromatic N) is 1. The summed E-state index contributed by atoms with van der Waals surface area (Å²) in [5.41, 5.74) is 0.952. The van der Waals surface area contributed by atoms with Crippen molar-refractivity contribution in [3.05, 3.63) is 29.8 Å². The molecule has 106 valence electrons. The molecule has 0 atom stereocenters. The van der Waals surface area contributed by atoms with Gasteiger partial charge in [0, 0.05) is 25.4 Å². The smallest absolute Gasteiger partial charge is 0.243 e. The van der Waals surface area contributed by atoms with E-state index in [2.05, 4.69) is 0 Å². The summed E-state index contributed by atoms with van der Waals surface area (Å²) in [6, 6.07) is 6.82. The standard InChI is InChI=1S/C13H19NO3S2/c15-9-6-12-2-4-13(5-3-12)19(16,17)14-7-1-10-18-11-8-14/h2-5,15H,1,6-11H2. The fourth-order valence-electron chi connectivity index (χ4n) is 2.07. The highest BCUT2D eigenvalue weighted by molar-refractivity contribution is 7.99. The molecule has 0 spiro atoms. The summed E-state index contributed by atoms with van der Waals surface area (Å²) in [6.07, 6.45) is 1.47. The van der Waals surface area contributed by atoms with Crippen LogP contribution in [-0.4, -0.2) is 49.0 Å². The van der Waals surface area contributed by atoms with Crippen LogP contribution in [-0.2, 0) is 16.4 Å². The molecular weight excluding hydrogens is 282 g/mol. The molecule has 1 aliphatic heterocycles. The quantitative estimate of drug-likeness (QED) is 0.912. The maximum Gasteiger partial charge on any atom is 0.243 e. The van der Waals surface area contributed by atoms with Crippen molar-refractivity contribution >= 4 is 21.8 Å². The Morgan fingerprint density at radius 1 is 1.16 bits per heavy atom. The van der Waals surface area contributed by atoms with Crippen LogP contribution in [0.15, 0.2) is 29.2 Å². The average Bonchev–Trinajstić information content (AvgIpc) is 2.69. The van der Waals surface area contributed by atoms with Gasteiger partial charge in [0.25, 0.3) is 0 Å². The van der Waals surface area contributed by atoms with E-state index in [9.17, 15) is 8.42 Å². The summed E-state index contributed by atoms with van der Waals surface area (Å²) in [4.78, 5) is 0.348. The van der Waals surface area contributed by atoms with Crippen molar-refractivity contribution < 1.29 is 13.5 Å². The third kappa shape index (κ3) is 3.72. The number of rotatable bonds is 4. The topological polar surface area (TPSA) is 57.6 Å². The monoisotopic (exact) mass is 301 g/mol. The van der Waals surface area contributed by atoms with Crippen LogP contribution in [0, 0.1) is 0 Å². The second-order valence-electron chi connectivity index (χ2n) is 4.49. The zero-order valence-electron chi connectivity index (χ0n) is 10.8. The maximum absolute atomic E-state index is 12.5. The number of benzene rings is 1. The molecule has 4 nitrogen and oxygen atoms in total. The zero-order valence-corrected chi connectivity index (χ0v) is 12.4. The SMILES string of the molecule is O=S(=O)(c1ccc(CCO)cc1)N1CCCSCC1. The van der Waals surface area contributed by atoms with Gasteiger partial charge in [0.2, 0.25) is 10.0 Å². The second kappa shape index (κ2) is 6.74. The number of aliphatic hydroxyl groups is 1. The van der Waals surface area contributed by atoms with E-state index in [4.69, 9.17) is 5.11 Å². The second-order valence-corrected chi connectivity index (χ2v) is 7.65. The summed E-state index contributed by atoms with van der Waals surface area (Å²) in [5.74, 6) is 1.89. The van der Waals surface area contributed by atoms with Crippen molar-refractivity contribution in [2.75, 3.05) is 31.2 Å². The van der Waals surface area contributed by atoms with E-state index in [1.165, 1.54) is 0 Å². The molecular formula is C13H19NO3S2. The van der Waals surface area contributed by atoms with E-state index in [-0.39, 0.29) is 6.61 Å². The summed E-state index contributed by atoms with van der Waals surface area (Å²) in [6.45, 7) is 1.27. The number of sulfonamides is 1. The molecule has 6 heteroatoms. The third-order valence-corrected chi connectivity index (χ3v) is 6.10. The van der Waals surface area contributed by atoms with Crippen LogP contribution >= 0.6 is 11.8 Å². The van der Waals surface area contributed by atoms with Crippen LogP contribution in [0.25, 0.3) is 0 Å². The molecule has 1 heterocycles. The zero-order chi connectivity index (χ0) is 13.7. The van der Waals surface area contributed by atoms with Crippen molar-refractivity contribution in [2.24, 2.45) is 0 Å². The Bertz CT molecular complexity index is 491. The van der Waals surface area contributed by atoms with Gasteiger partial charge in [-0.1, -0.05) is 12.1 Å². The molecule has 0 saturated carbocycles. The average molecular weight is 301 g/mol. The van der Waals surface area contributed by atoms with Crippen molar-refractivity contribution in [1.29, 1.82) is 0 Å². The van der Waals surface area contributed by atoms with Gasteiger partial charge < -0.3 is 5.11 Å². The molecule has 1 aromatic carbocycles. The number of hydrogen-bond donors (Lipinski definition) is 1. The van der Waals surface area contributed by atoms with Crippen LogP contribution in [0.5, 0.6) is 0 Å². The Kier molecular flexibility index (Phi) is 5.27. The molecule has 0 bridgehead atoms. The van der Waals surface area contributed by atoms with Crippen molar-refractivity contribution in [2.45, 2.75) is 17.7 Å². The molecule has 0 radical (unpaired) electrons. The first-order chi connectivity index (χ1) is 9.14. The Morgan fingerprint density at radius 2 is 1.89 bits per heavy atom. The molecule has 1 saturated heterocycles. The van der Waals surface area contributed by atoms with Gasteiger partial charge in [-0.05, 0) is 36.3 Å². The van der Waals surface area contributed by atoms with Gasteiger partial charge >= 0.3 is 0 Å². The van der Waals surface area contributed by atoms with E-state index in [0.29, 0.717) is 24.4 Å². The minimum atomic E-state index is -3.36. The Labute approximate surface area is 118 Å². The van der Waals surface area contributed by atoms with Crippen LogP contribution in [0.3, 0.4) is 0 Å². The summed E-state index contributed by atoms with van der Waals surface area (Å²) < 4.78 is 26.5. The first kappa shape index (κ1) is 14.8. The molecule has 1 aromatic rings. The molecule has 0 aliphatic carbocycles. The minimum Gasteiger partial charge on any atom is -0.396 e. The number of aliphatic hydroxyl groups excluding tert-OH is 1. The summed E-state index contributed by atoms with van der Waals surface area (Å²) >= 11 is 1.81. The fourth-order valence-corrected chi connectivity index (χ4v) is 4.55. The van der Waals surface area contributed by atoms with E-state index < -0.39 is 10.0 Å². The van der Waals surface area contributed by atoms with Crippen LogP contribution in [0.1, 0.15) is 12.0 Å². The highest BCUT2D eigenvalue weighted by Crippen LogP contribution is 2.20. The van der Waals surface area contributed by atoms with Crippen LogP contribution in [0.2, 0.25) is 0 Å². The third-order valence-electron chi connectivity index (χ3n) is 3.14. The van der Waals surface area contributed by atoms with Crippen molar-refractivity contribution in [1.82, 2.24) is 4.31 Å². The van der Waals surface area contributed by atoms with Gasteiger partial charge in [0.1, 0.15) is 0 Å². The lowest BCUT2D eigenvalue weighted by molar-refractivity contribution is 0.299. The molecule has 0 unspecified atom stereocenters. The first-order valence-electron chi connectivity index (χ1n) is 6.42. The van der Waals surface area contributed by atoms with E-state index in [1.54, 1.807) is 40.3 Å². The highest BCUT2D eigenvalue weighted by Gasteiger charge is 2.24.